The summed E-state index contributed by atoms with van der Waals surface area (Å²) in [6.07, 6.45) is 1.68. The molecule has 0 aliphatic rings. The fourth-order valence-electron chi connectivity index (χ4n) is 2.75. The van der Waals surface area contributed by atoms with Crippen LogP contribution in [0.4, 0.5) is 5.69 Å². The molecule has 8 heteroatoms. The Morgan fingerprint density at radius 2 is 1.81 bits per heavy atom. The fraction of sp³-hybridized carbons (Fsp3) is 0.174. The van der Waals surface area contributed by atoms with E-state index in [1.807, 2.05) is 61.6 Å². The molecule has 0 heterocycles. The van der Waals surface area contributed by atoms with Gasteiger partial charge in [-0.05, 0) is 90.9 Å². The normalized spacial score (nSPS) is 11.6. The number of halogens is 2. The summed E-state index contributed by atoms with van der Waals surface area (Å²) in [5.41, 5.74) is 3.33. The van der Waals surface area contributed by atoms with Crippen molar-refractivity contribution in [2.24, 2.45) is 4.99 Å². The number of hydrogen-bond donors (Lipinski definition) is 0. The molecule has 31 heavy (non-hydrogen) atoms. The third-order valence-electron chi connectivity index (χ3n) is 4.43. The molecule has 0 unspecified atom stereocenters. The van der Waals surface area contributed by atoms with Crippen LogP contribution in [0, 0.1) is 17.4 Å². The number of aryl methyl sites for hydroxylation is 1. The minimum atomic E-state index is -4.01. The first-order valence-corrected chi connectivity index (χ1v) is 12.3. The molecule has 0 N–H and O–H groups in total. The summed E-state index contributed by atoms with van der Waals surface area (Å²) in [6.45, 7) is 5.96. The van der Waals surface area contributed by atoms with E-state index in [2.05, 4.69) is 4.99 Å². The van der Waals surface area contributed by atoms with Gasteiger partial charge in [-0.2, -0.15) is 8.42 Å². The van der Waals surface area contributed by atoms with Crippen LogP contribution in [0.25, 0.3) is 0 Å². The monoisotopic (exact) mass is 569 g/mol. The van der Waals surface area contributed by atoms with E-state index in [4.69, 9.17) is 20.5 Å². The lowest BCUT2D eigenvalue weighted by atomic mass is 10.2. The number of hydrogen-bond acceptors (Lipinski definition) is 5. The summed E-state index contributed by atoms with van der Waals surface area (Å²) in [6, 6.07) is 15.5. The maximum Gasteiger partial charge on any atom is 0.339 e. The highest BCUT2D eigenvalue weighted by Crippen LogP contribution is 2.36. The van der Waals surface area contributed by atoms with Crippen molar-refractivity contribution in [3.05, 3.63) is 79.9 Å². The van der Waals surface area contributed by atoms with Gasteiger partial charge >= 0.3 is 10.1 Å². The van der Waals surface area contributed by atoms with E-state index in [1.54, 1.807) is 30.5 Å². The number of ether oxygens (including phenoxy) is 1. The van der Waals surface area contributed by atoms with Gasteiger partial charge in [0.1, 0.15) is 4.90 Å². The zero-order valence-corrected chi connectivity index (χ0v) is 21.0. The lowest BCUT2D eigenvalue weighted by Gasteiger charge is -2.14. The molecular weight excluding hydrogens is 549 g/mol. The summed E-state index contributed by atoms with van der Waals surface area (Å²) >= 11 is 8.19. The third kappa shape index (κ3) is 5.78. The SMILES string of the molecule is CCOc1cc(C=Nc2cccc(Cl)c2C)cc(I)c1OS(=O)(=O)c1ccc(C)cc1. The predicted octanol–water partition coefficient (Wildman–Crippen LogP) is 6.48. The first-order chi connectivity index (χ1) is 14.7. The standard InChI is InChI=1S/C23H21ClINO4S/c1-4-29-22-13-17(14-26-21-7-5-6-19(24)16(21)3)12-20(25)23(22)30-31(27,28)18-10-8-15(2)9-11-18/h5-14H,4H2,1-3H3. The molecule has 0 atom stereocenters. The molecule has 0 bridgehead atoms. The Morgan fingerprint density at radius 1 is 1.10 bits per heavy atom. The smallest absolute Gasteiger partial charge is 0.339 e. The summed E-state index contributed by atoms with van der Waals surface area (Å²) in [5.74, 6) is 0.480. The largest absolute Gasteiger partial charge is 0.490 e. The second-order valence-electron chi connectivity index (χ2n) is 6.76. The van der Waals surface area contributed by atoms with Crippen LogP contribution < -0.4 is 8.92 Å². The summed E-state index contributed by atoms with van der Waals surface area (Å²) in [4.78, 5) is 4.59. The zero-order valence-electron chi connectivity index (χ0n) is 17.2. The third-order valence-corrected chi connectivity index (χ3v) is 6.87. The number of aliphatic imine (C=N–C) groups is 1. The molecule has 5 nitrogen and oxygen atoms in total. The lowest BCUT2D eigenvalue weighted by molar-refractivity contribution is 0.327. The molecule has 0 radical (unpaired) electrons. The van der Waals surface area contributed by atoms with Crippen molar-refractivity contribution in [1.29, 1.82) is 0 Å². The van der Waals surface area contributed by atoms with Crippen LogP contribution in [0.2, 0.25) is 5.02 Å². The first kappa shape index (κ1) is 23.6. The van der Waals surface area contributed by atoms with Crippen molar-refractivity contribution < 1.29 is 17.3 Å². The quantitative estimate of drug-likeness (QED) is 0.186. The minimum Gasteiger partial charge on any atom is -0.490 e. The van der Waals surface area contributed by atoms with E-state index < -0.39 is 10.1 Å². The highest BCUT2D eigenvalue weighted by molar-refractivity contribution is 14.1. The Bertz CT molecular complexity index is 1230. The number of nitrogens with zero attached hydrogens (tertiary/aromatic N) is 1. The van der Waals surface area contributed by atoms with Gasteiger partial charge in [0.25, 0.3) is 0 Å². The van der Waals surface area contributed by atoms with Crippen molar-refractivity contribution in [2.75, 3.05) is 6.61 Å². The fourth-order valence-corrected chi connectivity index (χ4v) is 4.76. The van der Waals surface area contributed by atoms with E-state index in [1.165, 1.54) is 12.1 Å². The van der Waals surface area contributed by atoms with Crippen molar-refractivity contribution in [3.63, 3.8) is 0 Å². The van der Waals surface area contributed by atoms with Gasteiger partial charge in [0.2, 0.25) is 0 Å². The van der Waals surface area contributed by atoms with Gasteiger partial charge < -0.3 is 8.92 Å². The lowest BCUT2D eigenvalue weighted by Crippen LogP contribution is -2.12. The maximum absolute atomic E-state index is 12.8. The van der Waals surface area contributed by atoms with Crippen molar-refractivity contribution >= 4 is 56.2 Å². The van der Waals surface area contributed by atoms with Crippen molar-refractivity contribution in [3.8, 4) is 11.5 Å². The van der Waals surface area contributed by atoms with E-state index >= 15 is 0 Å². The number of rotatable bonds is 7. The molecule has 0 aliphatic carbocycles. The average Bonchev–Trinajstić information content (AvgIpc) is 2.72. The molecule has 3 rings (SSSR count). The summed E-state index contributed by atoms with van der Waals surface area (Å²) in [5, 5.41) is 0.643. The average molecular weight is 570 g/mol. The topological polar surface area (TPSA) is 65.0 Å². The molecule has 0 saturated carbocycles. The van der Waals surface area contributed by atoms with E-state index in [9.17, 15) is 8.42 Å². The number of benzene rings is 3. The van der Waals surface area contributed by atoms with Gasteiger partial charge in [-0.25, -0.2) is 0 Å². The van der Waals surface area contributed by atoms with Gasteiger partial charge in [-0.3, -0.25) is 4.99 Å². The van der Waals surface area contributed by atoms with Crippen LogP contribution >= 0.6 is 34.2 Å². The van der Waals surface area contributed by atoms with Crippen LogP contribution in [0.1, 0.15) is 23.6 Å². The molecule has 3 aromatic rings. The van der Waals surface area contributed by atoms with Crippen LogP contribution in [0.3, 0.4) is 0 Å². The molecule has 0 fully saturated rings. The molecule has 0 spiro atoms. The maximum atomic E-state index is 12.8. The van der Waals surface area contributed by atoms with Gasteiger partial charge in [0.15, 0.2) is 11.5 Å². The van der Waals surface area contributed by atoms with Crippen LogP contribution in [-0.2, 0) is 10.1 Å². The summed E-state index contributed by atoms with van der Waals surface area (Å²) < 4.78 is 37.3. The van der Waals surface area contributed by atoms with Gasteiger partial charge in [-0.1, -0.05) is 35.4 Å². The molecular formula is C23H21ClINO4S. The van der Waals surface area contributed by atoms with E-state index in [0.29, 0.717) is 20.9 Å². The van der Waals surface area contributed by atoms with Gasteiger partial charge in [-0.15, -0.1) is 0 Å². The van der Waals surface area contributed by atoms with Gasteiger partial charge in [0.05, 0.1) is 15.9 Å². The summed E-state index contributed by atoms with van der Waals surface area (Å²) in [7, 11) is -4.01. The second-order valence-corrected chi connectivity index (χ2v) is 9.87. The Hall–Kier alpha value is -2.10. The Kier molecular flexibility index (Phi) is 7.61. The molecule has 0 aliphatic heterocycles. The predicted molar refractivity (Wildman–Crippen MR) is 133 cm³/mol. The van der Waals surface area contributed by atoms with Crippen molar-refractivity contribution in [2.45, 2.75) is 25.7 Å². The van der Waals surface area contributed by atoms with Crippen molar-refractivity contribution in [1.82, 2.24) is 0 Å². The molecule has 162 valence electrons. The molecule has 0 aromatic heterocycles. The molecule has 0 amide bonds. The highest BCUT2D eigenvalue weighted by Gasteiger charge is 2.22. The van der Waals surface area contributed by atoms with Gasteiger partial charge in [0, 0.05) is 11.2 Å². The van der Waals surface area contributed by atoms with Crippen LogP contribution in [0.5, 0.6) is 11.5 Å². The van der Waals surface area contributed by atoms with Crippen LogP contribution in [0.15, 0.2) is 64.5 Å². The molecule has 3 aromatic carbocycles. The molecule has 0 saturated heterocycles. The Labute approximate surface area is 201 Å². The first-order valence-electron chi connectivity index (χ1n) is 9.48. The minimum absolute atomic E-state index is 0.0819. The highest BCUT2D eigenvalue weighted by atomic mass is 127. The van der Waals surface area contributed by atoms with E-state index in [0.717, 1.165) is 22.4 Å². The van der Waals surface area contributed by atoms with Crippen LogP contribution in [-0.4, -0.2) is 21.2 Å². The zero-order chi connectivity index (χ0) is 22.6. The Morgan fingerprint density at radius 3 is 2.48 bits per heavy atom. The second kappa shape index (κ2) is 10.0. The van der Waals surface area contributed by atoms with E-state index in [-0.39, 0.29) is 10.6 Å². The Balaban J connectivity index is 1.96.